The van der Waals surface area contributed by atoms with E-state index >= 15 is 0 Å². The van der Waals surface area contributed by atoms with Crippen LogP contribution in [-0.4, -0.2) is 35.2 Å². The van der Waals surface area contributed by atoms with Crippen molar-refractivity contribution in [3.63, 3.8) is 0 Å². The van der Waals surface area contributed by atoms with Gasteiger partial charge in [-0.05, 0) is 30.2 Å². The van der Waals surface area contributed by atoms with Crippen molar-refractivity contribution in [3.05, 3.63) is 22.4 Å². The molecule has 2 heterocycles. The Balaban J connectivity index is 2.09. The lowest BCUT2D eigenvalue weighted by Gasteiger charge is -2.30. The monoisotopic (exact) mass is 310 g/mol. The summed E-state index contributed by atoms with van der Waals surface area (Å²) < 4.78 is 0. The van der Waals surface area contributed by atoms with E-state index in [0.717, 1.165) is 32.2 Å². The lowest BCUT2D eigenvalue weighted by Crippen LogP contribution is -2.46. The van der Waals surface area contributed by atoms with Crippen LogP contribution in [0.15, 0.2) is 17.5 Å². The molecular weight excluding hydrogens is 284 g/mol. The molecule has 5 heteroatoms. The van der Waals surface area contributed by atoms with Gasteiger partial charge < -0.3 is 15.3 Å². The smallest absolute Gasteiger partial charge is 0.318 e. The van der Waals surface area contributed by atoms with Gasteiger partial charge in [0.05, 0.1) is 18.7 Å². The first-order chi connectivity index (χ1) is 10.2. The quantitative estimate of drug-likeness (QED) is 0.846. The minimum atomic E-state index is -0.0307. The molecule has 1 aliphatic heterocycles. The Morgan fingerprint density at radius 2 is 2.29 bits per heavy atom. The molecule has 2 atom stereocenters. The highest BCUT2D eigenvalue weighted by molar-refractivity contribution is 7.10. The molecule has 118 valence electrons. The highest BCUT2D eigenvalue weighted by atomic mass is 32.1. The summed E-state index contributed by atoms with van der Waals surface area (Å²) in [6.45, 7) is 5.15. The standard InChI is InChI=1S/C16H26N2O2S/c1-3-12(4-2)15(14-8-6-10-21-14)17-16(20)18-9-5-7-13(18)11-19/h6,8,10,12-13,15,19H,3-5,7,9,11H2,1-2H3,(H,17,20). The fraction of sp³-hybridized carbons (Fsp3) is 0.688. The molecule has 4 nitrogen and oxygen atoms in total. The van der Waals surface area contributed by atoms with Crippen LogP contribution in [0.4, 0.5) is 4.79 Å². The fourth-order valence-corrected chi connectivity index (χ4v) is 4.03. The van der Waals surface area contributed by atoms with Crippen LogP contribution >= 0.6 is 11.3 Å². The number of nitrogens with one attached hydrogen (secondary N) is 1. The molecule has 21 heavy (non-hydrogen) atoms. The minimum absolute atomic E-state index is 0.0179. The largest absolute Gasteiger partial charge is 0.394 e. The number of rotatable bonds is 6. The second kappa shape index (κ2) is 7.80. The number of aliphatic hydroxyl groups is 1. The van der Waals surface area contributed by atoms with E-state index in [1.54, 1.807) is 16.2 Å². The van der Waals surface area contributed by atoms with Gasteiger partial charge in [0.1, 0.15) is 0 Å². The third kappa shape index (κ3) is 3.77. The topological polar surface area (TPSA) is 52.6 Å². The Hall–Kier alpha value is -1.07. The van der Waals surface area contributed by atoms with Crippen LogP contribution in [0.2, 0.25) is 0 Å². The summed E-state index contributed by atoms with van der Waals surface area (Å²) in [5, 5.41) is 14.7. The van der Waals surface area contributed by atoms with E-state index in [4.69, 9.17) is 0 Å². The van der Waals surface area contributed by atoms with Crippen molar-refractivity contribution in [2.45, 2.75) is 51.6 Å². The number of likely N-dealkylation sites (tertiary alicyclic amines) is 1. The van der Waals surface area contributed by atoms with Gasteiger partial charge in [-0.25, -0.2) is 4.79 Å². The number of hydrogen-bond donors (Lipinski definition) is 2. The van der Waals surface area contributed by atoms with Gasteiger partial charge in [0.2, 0.25) is 0 Å². The zero-order chi connectivity index (χ0) is 15.2. The molecule has 0 aromatic carbocycles. The van der Waals surface area contributed by atoms with Crippen molar-refractivity contribution in [3.8, 4) is 0 Å². The molecule has 0 radical (unpaired) electrons. The van der Waals surface area contributed by atoms with E-state index in [1.165, 1.54) is 4.88 Å². The van der Waals surface area contributed by atoms with Gasteiger partial charge in [-0.15, -0.1) is 11.3 Å². The molecule has 1 aliphatic rings. The number of hydrogen-bond acceptors (Lipinski definition) is 3. The first-order valence-electron chi connectivity index (χ1n) is 7.92. The lowest BCUT2D eigenvalue weighted by molar-refractivity contribution is 0.151. The van der Waals surface area contributed by atoms with Gasteiger partial charge >= 0.3 is 6.03 Å². The molecule has 2 unspecified atom stereocenters. The van der Waals surface area contributed by atoms with Crippen LogP contribution in [0.3, 0.4) is 0 Å². The van der Waals surface area contributed by atoms with Gasteiger partial charge in [-0.3, -0.25) is 0 Å². The average molecular weight is 310 g/mol. The van der Waals surface area contributed by atoms with E-state index in [-0.39, 0.29) is 24.7 Å². The van der Waals surface area contributed by atoms with Crippen LogP contribution in [0.1, 0.15) is 50.4 Å². The molecule has 0 spiro atoms. The number of aliphatic hydroxyl groups excluding tert-OH is 1. The minimum Gasteiger partial charge on any atom is -0.394 e. The summed E-state index contributed by atoms with van der Waals surface area (Å²) in [4.78, 5) is 15.6. The van der Waals surface area contributed by atoms with Crippen molar-refractivity contribution in [1.82, 2.24) is 10.2 Å². The van der Waals surface area contributed by atoms with Crippen LogP contribution in [0.25, 0.3) is 0 Å². The van der Waals surface area contributed by atoms with Crippen LogP contribution in [0.5, 0.6) is 0 Å². The van der Waals surface area contributed by atoms with Crippen LogP contribution in [-0.2, 0) is 0 Å². The molecule has 2 N–H and O–H groups in total. The molecule has 1 aromatic heterocycles. The summed E-state index contributed by atoms with van der Waals surface area (Å²) in [5.74, 6) is 0.447. The first kappa shape index (κ1) is 16.3. The highest BCUT2D eigenvalue weighted by Crippen LogP contribution is 2.31. The molecule has 0 aliphatic carbocycles. The molecule has 1 aromatic rings. The predicted molar refractivity (Wildman–Crippen MR) is 86.5 cm³/mol. The van der Waals surface area contributed by atoms with E-state index in [0.29, 0.717) is 5.92 Å². The van der Waals surface area contributed by atoms with Crippen molar-refractivity contribution in [1.29, 1.82) is 0 Å². The SMILES string of the molecule is CCC(CC)C(NC(=O)N1CCCC1CO)c1cccs1. The number of carbonyl (C=O) groups excluding carboxylic acids is 1. The maximum absolute atomic E-state index is 12.6. The summed E-state index contributed by atoms with van der Waals surface area (Å²) >= 11 is 1.70. The Morgan fingerprint density at radius 1 is 1.52 bits per heavy atom. The summed E-state index contributed by atoms with van der Waals surface area (Å²) in [6.07, 6.45) is 3.97. The van der Waals surface area contributed by atoms with Crippen LogP contribution in [0, 0.1) is 5.92 Å². The van der Waals surface area contributed by atoms with E-state index in [9.17, 15) is 9.90 Å². The average Bonchev–Trinajstić information content (AvgIpc) is 3.18. The molecule has 1 fully saturated rings. The second-order valence-corrected chi connectivity index (χ2v) is 6.67. The van der Waals surface area contributed by atoms with Crippen molar-refractivity contribution in [2.24, 2.45) is 5.92 Å². The molecule has 0 bridgehead atoms. The molecule has 1 saturated heterocycles. The molecule has 2 amide bonds. The van der Waals surface area contributed by atoms with Crippen LogP contribution < -0.4 is 5.32 Å². The van der Waals surface area contributed by atoms with Gasteiger partial charge in [0, 0.05) is 11.4 Å². The molecule has 2 rings (SSSR count). The first-order valence-corrected chi connectivity index (χ1v) is 8.80. The Morgan fingerprint density at radius 3 is 2.86 bits per heavy atom. The second-order valence-electron chi connectivity index (χ2n) is 5.69. The summed E-state index contributed by atoms with van der Waals surface area (Å²) in [7, 11) is 0. The normalized spacial score (nSPS) is 20.0. The number of carbonyl (C=O) groups is 1. The van der Waals surface area contributed by atoms with Crippen molar-refractivity contribution < 1.29 is 9.90 Å². The molecular formula is C16H26N2O2S. The highest BCUT2D eigenvalue weighted by Gasteiger charge is 2.31. The Labute approximate surface area is 131 Å². The van der Waals surface area contributed by atoms with Gasteiger partial charge in [0.15, 0.2) is 0 Å². The van der Waals surface area contributed by atoms with Crippen molar-refractivity contribution >= 4 is 17.4 Å². The zero-order valence-corrected chi connectivity index (χ0v) is 13.7. The lowest BCUT2D eigenvalue weighted by atomic mass is 9.93. The molecule has 0 saturated carbocycles. The van der Waals surface area contributed by atoms with Crippen molar-refractivity contribution in [2.75, 3.05) is 13.2 Å². The van der Waals surface area contributed by atoms with E-state index in [1.807, 2.05) is 6.07 Å². The van der Waals surface area contributed by atoms with Gasteiger partial charge in [-0.1, -0.05) is 32.8 Å². The zero-order valence-electron chi connectivity index (χ0n) is 12.9. The maximum Gasteiger partial charge on any atom is 0.318 e. The third-order valence-electron chi connectivity index (χ3n) is 4.50. The maximum atomic E-state index is 12.6. The number of amides is 2. The summed E-state index contributed by atoms with van der Waals surface area (Å²) in [6, 6.07) is 4.16. The van der Waals surface area contributed by atoms with E-state index < -0.39 is 0 Å². The predicted octanol–water partition coefficient (Wildman–Crippen LogP) is 3.39. The van der Waals surface area contributed by atoms with E-state index in [2.05, 4.69) is 30.6 Å². The number of urea groups is 1. The third-order valence-corrected chi connectivity index (χ3v) is 5.45. The number of nitrogens with zero attached hydrogens (tertiary/aromatic N) is 1. The number of thiophene rings is 1. The summed E-state index contributed by atoms with van der Waals surface area (Å²) in [5.41, 5.74) is 0. The van der Waals surface area contributed by atoms with Gasteiger partial charge in [-0.2, -0.15) is 0 Å². The van der Waals surface area contributed by atoms with Gasteiger partial charge in [0.25, 0.3) is 0 Å². The Bertz CT molecular complexity index is 431. The Kier molecular flexibility index (Phi) is 6.06. The fourth-order valence-electron chi connectivity index (χ4n) is 3.16.